The van der Waals surface area contributed by atoms with Gasteiger partial charge >= 0.3 is 5.63 Å². The number of hydrogen-bond donors (Lipinski definition) is 1. The van der Waals surface area contributed by atoms with E-state index in [1.165, 1.54) is 5.56 Å². The molecule has 0 radical (unpaired) electrons. The molecule has 2 aromatic carbocycles. The fourth-order valence-corrected chi connectivity index (χ4v) is 3.42. The Labute approximate surface area is 151 Å². The number of nitrogens with zero attached hydrogens (tertiary/aromatic N) is 1. The lowest BCUT2D eigenvalue weighted by molar-refractivity contribution is 0.0934. The van der Waals surface area contributed by atoms with Crippen LogP contribution in [0.15, 0.2) is 69.9 Å². The van der Waals surface area contributed by atoms with Crippen LogP contribution < -0.4 is 10.9 Å². The van der Waals surface area contributed by atoms with Gasteiger partial charge in [0.1, 0.15) is 11.1 Å². The van der Waals surface area contributed by atoms with Gasteiger partial charge in [0.05, 0.1) is 0 Å². The summed E-state index contributed by atoms with van der Waals surface area (Å²) in [6.45, 7) is 2.57. The van der Waals surface area contributed by atoms with Crippen LogP contribution in [0.3, 0.4) is 0 Å². The van der Waals surface area contributed by atoms with E-state index in [0.717, 1.165) is 31.4 Å². The smallest absolute Gasteiger partial charge is 0.349 e. The Hall–Kier alpha value is -2.92. The molecule has 2 heterocycles. The maximum absolute atomic E-state index is 12.5. The molecule has 1 aliphatic rings. The molecule has 1 fully saturated rings. The molecule has 26 heavy (non-hydrogen) atoms. The maximum Gasteiger partial charge on any atom is 0.349 e. The maximum atomic E-state index is 12.5. The summed E-state index contributed by atoms with van der Waals surface area (Å²) in [6, 6.07) is 19.1. The molecule has 5 nitrogen and oxygen atoms in total. The average Bonchev–Trinajstić information content (AvgIpc) is 3.08. The van der Waals surface area contributed by atoms with E-state index >= 15 is 0 Å². The highest BCUT2D eigenvalue weighted by Crippen LogP contribution is 2.15. The molecule has 1 aromatic heterocycles. The van der Waals surface area contributed by atoms with Crippen molar-refractivity contribution in [1.82, 2.24) is 10.2 Å². The number of rotatable bonds is 4. The molecule has 0 bridgehead atoms. The first-order chi connectivity index (χ1) is 12.7. The normalized spacial score (nSPS) is 17.5. The lowest BCUT2D eigenvalue weighted by Gasteiger charge is -2.16. The first kappa shape index (κ1) is 16.5. The molecule has 0 spiro atoms. The number of likely N-dealkylation sites (tertiary alicyclic amines) is 1. The summed E-state index contributed by atoms with van der Waals surface area (Å²) in [6.07, 6.45) is 0.873. The number of carbonyl (C=O) groups excluding carboxylic acids is 1. The van der Waals surface area contributed by atoms with Crippen LogP contribution in [0.2, 0.25) is 0 Å². The molecule has 3 aromatic rings. The Morgan fingerprint density at radius 2 is 1.88 bits per heavy atom. The van der Waals surface area contributed by atoms with Crippen molar-refractivity contribution in [2.24, 2.45) is 0 Å². The summed E-state index contributed by atoms with van der Waals surface area (Å²) in [4.78, 5) is 27.0. The van der Waals surface area contributed by atoms with Crippen LogP contribution in [-0.4, -0.2) is 29.9 Å². The molecule has 1 amide bonds. The van der Waals surface area contributed by atoms with E-state index in [4.69, 9.17) is 4.42 Å². The van der Waals surface area contributed by atoms with Gasteiger partial charge in [0, 0.05) is 31.1 Å². The van der Waals surface area contributed by atoms with Crippen molar-refractivity contribution < 1.29 is 9.21 Å². The molecule has 132 valence electrons. The van der Waals surface area contributed by atoms with Gasteiger partial charge in [0.2, 0.25) is 0 Å². The molecular formula is C21H20N2O3. The first-order valence-corrected chi connectivity index (χ1v) is 8.79. The minimum atomic E-state index is -0.597. The van der Waals surface area contributed by atoms with Gasteiger partial charge in [-0.1, -0.05) is 48.5 Å². The quantitative estimate of drug-likeness (QED) is 0.737. The Morgan fingerprint density at radius 1 is 1.12 bits per heavy atom. The van der Waals surface area contributed by atoms with Gasteiger partial charge in [-0.25, -0.2) is 4.79 Å². The van der Waals surface area contributed by atoms with E-state index < -0.39 is 5.63 Å². The highest BCUT2D eigenvalue weighted by atomic mass is 16.4. The third-order valence-corrected chi connectivity index (χ3v) is 4.74. The molecule has 1 aliphatic heterocycles. The van der Waals surface area contributed by atoms with Gasteiger partial charge < -0.3 is 9.73 Å². The van der Waals surface area contributed by atoms with E-state index in [0.29, 0.717) is 5.58 Å². The van der Waals surface area contributed by atoms with Gasteiger partial charge in [0.15, 0.2) is 0 Å². The van der Waals surface area contributed by atoms with E-state index in [1.54, 1.807) is 18.2 Å². The lowest BCUT2D eigenvalue weighted by atomic mass is 10.1. The first-order valence-electron chi connectivity index (χ1n) is 8.79. The monoisotopic (exact) mass is 348 g/mol. The Kier molecular flexibility index (Phi) is 4.54. The minimum Gasteiger partial charge on any atom is -0.422 e. The molecule has 1 saturated heterocycles. The summed E-state index contributed by atoms with van der Waals surface area (Å²) in [5.41, 5.74) is 1.21. The fraction of sp³-hybridized carbons (Fsp3) is 0.238. The van der Waals surface area contributed by atoms with Crippen molar-refractivity contribution in [2.75, 3.05) is 13.1 Å². The average molecular weight is 348 g/mol. The Morgan fingerprint density at radius 3 is 2.73 bits per heavy atom. The standard InChI is InChI=1S/C21H20N2O3/c24-20(18-12-16-8-4-5-9-19(16)26-21(18)25)22-17-10-11-23(14-17)13-15-6-2-1-3-7-15/h1-9,12,17H,10-11,13-14H2,(H,22,24). The molecule has 0 saturated carbocycles. The third kappa shape index (κ3) is 3.53. The second-order valence-corrected chi connectivity index (χ2v) is 6.67. The topological polar surface area (TPSA) is 62.6 Å². The zero-order chi connectivity index (χ0) is 17.9. The van der Waals surface area contributed by atoms with Crippen LogP contribution in [0.4, 0.5) is 0 Å². The van der Waals surface area contributed by atoms with Gasteiger partial charge in [-0.3, -0.25) is 9.69 Å². The number of amides is 1. The molecule has 4 rings (SSSR count). The number of carbonyl (C=O) groups is 1. The second-order valence-electron chi connectivity index (χ2n) is 6.67. The van der Waals surface area contributed by atoms with Crippen molar-refractivity contribution >= 4 is 16.9 Å². The summed E-state index contributed by atoms with van der Waals surface area (Å²) >= 11 is 0. The number of fused-ring (bicyclic) bond motifs is 1. The highest BCUT2D eigenvalue weighted by Gasteiger charge is 2.25. The summed E-state index contributed by atoms with van der Waals surface area (Å²) in [5, 5.41) is 3.72. The number of para-hydroxylation sites is 1. The zero-order valence-electron chi connectivity index (χ0n) is 14.4. The molecular weight excluding hydrogens is 328 g/mol. The summed E-state index contributed by atoms with van der Waals surface area (Å²) in [7, 11) is 0. The van der Waals surface area contributed by atoms with E-state index in [2.05, 4.69) is 22.3 Å². The summed E-state index contributed by atoms with van der Waals surface area (Å²) in [5.74, 6) is -0.365. The highest BCUT2D eigenvalue weighted by molar-refractivity contribution is 5.96. The van der Waals surface area contributed by atoms with Crippen LogP contribution in [0.1, 0.15) is 22.3 Å². The molecule has 1 atom stereocenters. The molecule has 5 heteroatoms. The van der Waals surface area contributed by atoms with E-state index in [1.807, 2.05) is 30.3 Å². The largest absolute Gasteiger partial charge is 0.422 e. The van der Waals surface area contributed by atoms with E-state index in [9.17, 15) is 9.59 Å². The van der Waals surface area contributed by atoms with Crippen LogP contribution in [-0.2, 0) is 6.54 Å². The zero-order valence-corrected chi connectivity index (χ0v) is 14.4. The van der Waals surface area contributed by atoms with Crippen LogP contribution in [0.25, 0.3) is 11.0 Å². The van der Waals surface area contributed by atoms with Crippen molar-refractivity contribution in [1.29, 1.82) is 0 Å². The van der Waals surface area contributed by atoms with Crippen molar-refractivity contribution in [3.8, 4) is 0 Å². The Bertz CT molecular complexity index is 981. The van der Waals surface area contributed by atoms with Gasteiger partial charge in [-0.15, -0.1) is 0 Å². The molecule has 1 unspecified atom stereocenters. The van der Waals surface area contributed by atoms with Crippen LogP contribution in [0, 0.1) is 0 Å². The predicted molar refractivity (Wildman–Crippen MR) is 100 cm³/mol. The number of benzene rings is 2. The van der Waals surface area contributed by atoms with Crippen molar-refractivity contribution in [3.63, 3.8) is 0 Å². The van der Waals surface area contributed by atoms with Crippen molar-refractivity contribution in [2.45, 2.75) is 19.0 Å². The SMILES string of the molecule is O=C(NC1CCN(Cc2ccccc2)C1)c1cc2ccccc2oc1=O. The van der Waals surface area contributed by atoms with Gasteiger partial charge in [0.25, 0.3) is 5.91 Å². The minimum absolute atomic E-state index is 0.0390. The predicted octanol–water partition coefficient (Wildman–Crippen LogP) is 2.80. The van der Waals surface area contributed by atoms with Gasteiger partial charge in [-0.2, -0.15) is 0 Å². The Balaban J connectivity index is 1.42. The van der Waals surface area contributed by atoms with E-state index in [-0.39, 0.29) is 17.5 Å². The third-order valence-electron chi connectivity index (χ3n) is 4.74. The second kappa shape index (κ2) is 7.14. The molecule has 0 aliphatic carbocycles. The molecule has 1 N–H and O–H groups in total. The van der Waals surface area contributed by atoms with Gasteiger partial charge in [-0.05, 0) is 24.1 Å². The number of hydrogen-bond acceptors (Lipinski definition) is 4. The number of nitrogens with one attached hydrogen (secondary N) is 1. The van der Waals surface area contributed by atoms with Crippen LogP contribution >= 0.6 is 0 Å². The van der Waals surface area contributed by atoms with Crippen LogP contribution in [0.5, 0.6) is 0 Å². The lowest BCUT2D eigenvalue weighted by Crippen LogP contribution is -2.38. The van der Waals surface area contributed by atoms with Crippen molar-refractivity contribution in [3.05, 3.63) is 82.2 Å². The fourth-order valence-electron chi connectivity index (χ4n) is 3.42. The summed E-state index contributed by atoms with van der Waals surface area (Å²) < 4.78 is 5.25.